The van der Waals surface area contributed by atoms with Crippen LogP contribution in [0.2, 0.25) is 0 Å². The summed E-state index contributed by atoms with van der Waals surface area (Å²) in [5.74, 6) is 0.135. The summed E-state index contributed by atoms with van der Waals surface area (Å²) in [6, 6.07) is 7.72. The first-order chi connectivity index (χ1) is 9.13. The van der Waals surface area contributed by atoms with Crippen molar-refractivity contribution in [2.75, 3.05) is 24.2 Å². The van der Waals surface area contributed by atoms with E-state index in [9.17, 15) is 8.42 Å². The minimum atomic E-state index is -3.16. The van der Waals surface area contributed by atoms with E-state index in [1.165, 1.54) is 12.8 Å². The number of hydrogen-bond acceptors (Lipinski definition) is 4. The Morgan fingerprint density at radius 2 is 2.16 bits per heavy atom. The van der Waals surface area contributed by atoms with Gasteiger partial charge in [-0.25, -0.2) is 8.42 Å². The first-order valence-corrected chi connectivity index (χ1v) is 8.58. The monoisotopic (exact) mass is 282 g/mol. The molecule has 1 atom stereocenters. The zero-order valence-corrected chi connectivity index (χ0v) is 12.2. The van der Waals surface area contributed by atoms with Crippen LogP contribution >= 0.6 is 0 Å². The molecule has 1 unspecified atom stereocenters. The fourth-order valence-corrected chi connectivity index (χ4v) is 3.50. The summed E-state index contributed by atoms with van der Waals surface area (Å²) >= 11 is 0. The van der Waals surface area contributed by atoms with Gasteiger partial charge in [-0.05, 0) is 37.9 Å². The summed E-state index contributed by atoms with van der Waals surface area (Å²) in [4.78, 5) is 0.414. The predicted octanol–water partition coefficient (Wildman–Crippen LogP) is 2.03. The molecule has 1 heterocycles. The Balaban J connectivity index is 1.99. The molecule has 0 spiro atoms. The van der Waals surface area contributed by atoms with E-state index in [1.807, 2.05) is 12.1 Å². The molecule has 0 radical (unpaired) electrons. The molecule has 0 saturated carbocycles. The van der Waals surface area contributed by atoms with Crippen LogP contribution in [0.25, 0.3) is 0 Å². The summed E-state index contributed by atoms with van der Waals surface area (Å²) in [5, 5.41) is 6.70. The second kappa shape index (κ2) is 6.39. The molecule has 0 amide bonds. The van der Waals surface area contributed by atoms with E-state index in [0.717, 1.165) is 25.2 Å². The second-order valence-electron chi connectivity index (χ2n) is 4.91. The van der Waals surface area contributed by atoms with Gasteiger partial charge in [-0.15, -0.1) is 0 Å². The van der Waals surface area contributed by atoms with Gasteiger partial charge in [0.15, 0.2) is 9.84 Å². The van der Waals surface area contributed by atoms with Crippen molar-refractivity contribution in [3.05, 3.63) is 24.3 Å². The van der Waals surface area contributed by atoms with Crippen molar-refractivity contribution in [3.8, 4) is 0 Å². The summed E-state index contributed by atoms with van der Waals surface area (Å²) in [6.07, 6.45) is 3.49. The molecular weight excluding hydrogens is 260 g/mol. The third kappa shape index (κ3) is 3.70. The van der Waals surface area contributed by atoms with Crippen LogP contribution in [0.15, 0.2) is 29.2 Å². The first kappa shape index (κ1) is 14.3. The van der Waals surface area contributed by atoms with E-state index in [1.54, 1.807) is 19.1 Å². The van der Waals surface area contributed by atoms with Gasteiger partial charge < -0.3 is 10.6 Å². The molecule has 5 heteroatoms. The van der Waals surface area contributed by atoms with Gasteiger partial charge in [-0.3, -0.25) is 0 Å². The van der Waals surface area contributed by atoms with Crippen LogP contribution in [0.5, 0.6) is 0 Å². The van der Waals surface area contributed by atoms with E-state index in [0.29, 0.717) is 10.9 Å². The Kier molecular flexibility index (Phi) is 4.82. The minimum absolute atomic E-state index is 0.135. The highest BCUT2D eigenvalue weighted by molar-refractivity contribution is 7.91. The van der Waals surface area contributed by atoms with Crippen molar-refractivity contribution in [3.63, 3.8) is 0 Å². The number of benzene rings is 1. The van der Waals surface area contributed by atoms with Crippen molar-refractivity contribution in [2.24, 2.45) is 0 Å². The molecule has 2 rings (SSSR count). The summed E-state index contributed by atoms with van der Waals surface area (Å²) < 4.78 is 24.0. The molecule has 1 aliphatic heterocycles. The quantitative estimate of drug-likeness (QED) is 0.838. The van der Waals surface area contributed by atoms with E-state index < -0.39 is 9.84 Å². The van der Waals surface area contributed by atoms with Gasteiger partial charge >= 0.3 is 0 Å². The third-order valence-electron chi connectivity index (χ3n) is 3.57. The van der Waals surface area contributed by atoms with Gasteiger partial charge in [0.25, 0.3) is 0 Å². The van der Waals surface area contributed by atoms with Crippen LogP contribution in [0.4, 0.5) is 5.69 Å². The van der Waals surface area contributed by atoms with Crippen molar-refractivity contribution < 1.29 is 8.42 Å². The molecule has 1 aromatic carbocycles. The number of hydrogen-bond donors (Lipinski definition) is 2. The highest BCUT2D eigenvalue weighted by Crippen LogP contribution is 2.22. The fourth-order valence-electron chi connectivity index (χ4n) is 2.42. The lowest BCUT2D eigenvalue weighted by molar-refractivity contribution is 0.574. The topological polar surface area (TPSA) is 58.2 Å². The number of rotatable bonds is 6. The average Bonchev–Trinajstić information content (AvgIpc) is 2.92. The maximum atomic E-state index is 12.0. The fraction of sp³-hybridized carbons (Fsp3) is 0.571. The number of anilines is 1. The van der Waals surface area contributed by atoms with Gasteiger partial charge in [0.05, 0.1) is 16.3 Å². The smallest absolute Gasteiger partial charge is 0.180 e. The highest BCUT2D eigenvalue weighted by atomic mass is 32.2. The Morgan fingerprint density at radius 3 is 2.84 bits per heavy atom. The molecule has 1 saturated heterocycles. The van der Waals surface area contributed by atoms with Gasteiger partial charge in [0.2, 0.25) is 0 Å². The Labute approximate surface area is 115 Å². The molecule has 0 aliphatic carbocycles. The molecule has 0 bridgehead atoms. The van der Waals surface area contributed by atoms with Crippen LogP contribution in [-0.2, 0) is 9.84 Å². The van der Waals surface area contributed by atoms with Crippen molar-refractivity contribution in [1.82, 2.24) is 5.32 Å². The molecule has 1 aromatic rings. The van der Waals surface area contributed by atoms with E-state index in [-0.39, 0.29) is 5.75 Å². The van der Waals surface area contributed by atoms with Gasteiger partial charge in [0, 0.05) is 12.6 Å². The highest BCUT2D eigenvalue weighted by Gasteiger charge is 2.17. The molecular formula is C14H22N2O2S. The Hall–Kier alpha value is -1.07. The SMILES string of the molecule is CCS(=O)(=O)c1ccccc1NCCC1CCCN1. The zero-order chi connectivity index (χ0) is 13.7. The minimum Gasteiger partial charge on any atom is -0.384 e. The normalized spacial score (nSPS) is 19.5. The standard InChI is InChI=1S/C14H22N2O2S/c1-2-19(17,18)14-8-4-3-7-13(14)16-11-9-12-6-5-10-15-12/h3-4,7-8,12,15-16H,2,5-6,9-11H2,1H3. The Morgan fingerprint density at radius 1 is 1.37 bits per heavy atom. The Bertz CT molecular complexity index is 508. The summed E-state index contributed by atoms with van der Waals surface area (Å²) in [7, 11) is -3.16. The van der Waals surface area contributed by atoms with E-state index >= 15 is 0 Å². The molecule has 106 valence electrons. The molecule has 1 fully saturated rings. The van der Waals surface area contributed by atoms with Crippen LogP contribution in [0.3, 0.4) is 0 Å². The zero-order valence-electron chi connectivity index (χ0n) is 11.4. The largest absolute Gasteiger partial charge is 0.384 e. The van der Waals surface area contributed by atoms with Gasteiger partial charge in [-0.1, -0.05) is 19.1 Å². The van der Waals surface area contributed by atoms with Crippen molar-refractivity contribution in [1.29, 1.82) is 0 Å². The van der Waals surface area contributed by atoms with Crippen LogP contribution < -0.4 is 10.6 Å². The van der Waals surface area contributed by atoms with E-state index in [4.69, 9.17) is 0 Å². The van der Waals surface area contributed by atoms with Crippen LogP contribution in [-0.4, -0.2) is 33.3 Å². The number of nitrogens with one attached hydrogen (secondary N) is 2. The van der Waals surface area contributed by atoms with Gasteiger partial charge in [0.1, 0.15) is 0 Å². The third-order valence-corrected chi connectivity index (χ3v) is 5.36. The van der Waals surface area contributed by atoms with Crippen molar-refractivity contribution >= 4 is 15.5 Å². The molecule has 4 nitrogen and oxygen atoms in total. The van der Waals surface area contributed by atoms with Crippen LogP contribution in [0.1, 0.15) is 26.2 Å². The number of para-hydroxylation sites is 1. The average molecular weight is 282 g/mol. The second-order valence-corrected chi connectivity index (χ2v) is 7.15. The summed E-state index contributed by atoms with van der Waals surface area (Å²) in [5.41, 5.74) is 0.724. The van der Waals surface area contributed by atoms with Gasteiger partial charge in [-0.2, -0.15) is 0 Å². The lowest BCUT2D eigenvalue weighted by atomic mass is 10.1. The first-order valence-electron chi connectivity index (χ1n) is 6.92. The maximum absolute atomic E-state index is 12.0. The molecule has 19 heavy (non-hydrogen) atoms. The molecule has 2 N–H and O–H groups in total. The summed E-state index contributed by atoms with van der Waals surface area (Å²) in [6.45, 7) is 3.58. The number of sulfone groups is 1. The van der Waals surface area contributed by atoms with Crippen LogP contribution in [0, 0.1) is 0 Å². The lowest BCUT2D eigenvalue weighted by Gasteiger charge is -2.14. The molecule has 1 aliphatic rings. The lowest BCUT2D eigenvalue weighted by Crippen LogP contribution is -2.24. The molecule has 0 aromatic heterocycles. The predicted molar refractivity (Wildman–Crippen MR) is 78.3 cm³/mol. The van der Waals surface area contributed by atoms with E-state index in [2.05, 4.69) is 10.6 Å². The van der Waals surface area contributed by atoms with Crippen molar-refractivity contribution in [2.45, 2.75) is 37.1 Å². The maximum Gasteiger partial charge on any atom is 0.180 e.